The molecule has 0 spiro atoms. The van der Waals surface area contributed by atoms with Crippen LogP contribution in [0.5, 0.6) is 0 Å². The standard InChI is InChI=1S/C11H13N3O2/c1-7-5-9-3-4-13-14(9)11(16)10(7)6-12-8(2)15/h3-5,13H,6H2,1-2H3,(H,12,15). The third kappa shape index (κ3) is 1.71. The number of carbonyl (C=O) groups excluding carboxylic acids is 1. The molecule has 0 aliphatic rings. The van der Waals surface area contributed by atoms with Crippen molar-refractivity contribution >= 4 is 11.4 Å². The molecule has 2 heterocycles. The van der Waals surface area contributed by atoms with Gasteiger partial charge in [-0.2, -0.15) is 0 Å². The first-order valence-corrected chi connectivity index (χ1v) is 5.02. The Labute approximate surface area is 92.1 Å². The third-order valence-electron chi connectivity index (χ3n) is 2.53. The van der Waals surface area contributed by atoms with Gasteiger partial charge in [-0.3, -0.25) is 14.7 Å². The minimum atomic E-state index is -0.143. The van der Waals surface area contributed by atoms with E-state index in [9.17, 15) is 9.59 Å². The number of amides is 1. The average molecular weight is 219 g/mol. The zero-order valence-corrected chi connectivity index (χ0v) is 9.20. The van der Waals surface area contributed by atoms with Crippen molar-refractivity contribution in [2.24, 2.45) is 0 Å². The zero-order valence-electron chi connectivity index (χ0n) is 9.20. The maximum atomic E-state index is 12.0. The molecule has 16 heavy (non-hydrogen) atoms. The first kappa shape index (κ1) is 10.5. The minimum Gasteiger partial charge on any atom is -0.352 e. The lowest BCUT2D eigenvalue weighted by molar-refractivity contribution is -0.119. The van der Waals surface area contributed by atoms with E-state index in [1.165, 1.54) is 11.4 Å². The molecular formula is C11H13N3O2. The van der Waals surface area contributed by atoms with Crippen LogP contribution in [0.2, 0.25) is 0 Å². The maximum absolute atomic E-state index is 12.0. The van der Waals surface area contributed by atoms with Crippen molar-refractivity contribution in [3.63, 3.8) is 0 Å². The first-order valence-electron chi connectivity index (χ1n) is 5.02. The van der Waals surface area contributed by atoms with Gasteiger partial charge in [-0.25, -0.2) is 4.52 Å². The Morgan fingerprint density at radius 2 is 2.31 bits per heavy atom. The molecular weight excluding hydrogens is 206 g/mol. The number of aromatic nitrogens is 2. The van der Waals surface area contributed by atoms with Gasteiger partial charge >= 0.3 is 0 Å². The summed E-state index contributed by atoms with van der Waals surface area (Å²) in [6, 6.07) is 3.74. The van der Waals surface area contributed by atoms with Crippen molar-refractivity contribution in [3.05, 3.63) is 39.8 Å². The Hall–Kier alpha value is -2.04. The minimum absolute atomic E-state index is 0.117. The normalized spacial score (nSPS) is 10.6. The van der Waals surface area contributed by atoms with Crippen molar-refractivity contribution in [2.45, 2.75) is 20.4 Å². The lowest BCUT2D eigenvalue weighted by Gasteiger charge is -2.06. The molecule has 0 aliphatic carbocycles. The monoisotopic (exact) mass is 219 g/mol. The van der Waals surface area contributed by atoms with Gasteiger partial charge in [0.15, 0.2) is 0 Å². The molecule has 84 valence electrons. The van der Waals surface area contributed by atoms with Gasteiger partial charge in [0, 0.05) is 25.2 Å². The number of fused-ring (bicyclic) bond motifs is 1. The second-order valence-corrected chi connectivity index (χ2v) is 3.74. The van der Waals surface area contributed by atoms with Crippen LogP contribution >= 0.6 is 0 Å². The van der Waals surface area contributed by atoms with Crippen LogP contribution in [0.1, 0.15) is 18.1 Å². The van der Waals surface area contributed by atoms with Gasteiger partial charge in [-0.1, -0.05) is 0 Å². The van der Waals surface area contributed by atoms with E-state index >= 15 is 0 Å². The number of nitrogens with zero attached hydrogens (tertiary/aromatic N) is 1. The molecule has 0 bridgehead atoms. The van der Waals surface area contributed by atoms with Crippen LogP contribution in [-0.4, -0.2) is 15.5 Å². The van der Waals surface area contributed by atoms with E-state index in [0.717, 1.165) is 11.1 Å². The molecule has 5 nitrogen and oxygen atoms in total. The number of aromatic amines is 1. The SMILES string of the molecule is CC(=O)NCc1c(C)cc2cc[nH]n2c1=O. The van der Waals surface area contributed by atoms with Gasteiger partial charge in [0.1, 0.15) is 0 Å². The van der Waals surface area contributed by atoms with Gasteiger partial charge in [-0.05, 0) is 24.6 Å². The fourth-order valence-electron chi connectivity index (χ4n) is 1.68. The Balaban J connectivity index is 2.51. The largest absolute Gasteiger partial charge is 0.352 e. The number of carbonyl (C=O) groups is 1. The van der Waals surface area contributed by atoms with Crippen LogP contribution in [0.15, 0.2) is 23.1 Å². The average Bonchev–Trinajstić information content (AvgIpc) is 2.64. The van der Waals surface area contributed by atoms with E-state index in [4.69, 9.17) is 0 Å². The molecule has 0 aromatic carbocycles. The Kier molecular flexibility index (Phi) is 2.52. The number of rotatable bonds is 2. The van der Waals surface area contributed by atoms with Gasteiger partial charge < -0.3 is 5.32 Å². The van der Waals surface area contributed by atoms with E-state index in [0.29, 0.717) is 5.56 Å². The lowest BCUT2D eigenvalue weighted by Crippen LogP contribution is -2.27. The smallest absolute Gasteiger partial charge is 0.274 e. The van der Waals surface area contributed by atoms with E-state index in [1.54, 1.807) is 6.20 Å². The van der Waals surface area contributed by atoms with Crippen molar-refractivity contribution in [1.82, 2.24) is 14.9 Å². The third-order valence-corrected chi connectivity index (χ3v) is 2.53. The summed E-state index contributed by atoms with van der Waals surface area (Å²) in [5.41, 5.74) is 2.20. The van der Waals surface area contributed by atoms with Crippen molar-refractivity contribution in [1.29, 1.82) is 0 Å². The fourth-order valence-corrected chi connectivity index (χ4v) is 1.68. The molecule has 0 aliphatic heterocycles. The van der Waals surface area contributed by atoms with Gasteiger partial charge in [0.25, 0.3) is 5.56 Å². The van der Waals surface area contributed by atoms with Gasteiger partial charge in [0.2, 0.25) is 5.91 Å². The summed E-state index contributed by atoms with van der Waals surface area (Å²) >= 11 is 0. The predicted octanol–water partition coefficient (Wildman–Crippen LogP) is 0.572. The first-order chi connectivity index (χ1) is 7.59. The van der Waals surface area contributed by atoms with E-state index in [-0.39, 0.29) is 18.0 Å². The molecule has 2 N–H and O–H groups in total. The number of pyridine rings is 1. The second-order valence-electron chi connectivity index (χ2n) is 3.74. The lowest BCUT2D eigenvalue weighted by atomic mass is 10.1. The Bertz CT molecular complexity index is 595. The molecule has 0 unspecified atom stereocenters. The topological polar surface area (TPSA) is 66.4 Å². The molecule has 0 atom stereocenters. The molecule has 5 heteroatoms. The van der Waals surface area contributed by atoms with Crippen LogP contribution in [0.25, 0.3) is 5.52 Å². The van der Waals surface area contributed by atoms with Crippen LogP contribution in [-0.2, 0) is 11.3 Å². The summed E-state index contributed by atoms with van der Waals surface area (Å²) in [4.78, 5) is 22.8. The van der Waals surface area contributed by atoms with Crippen molar-refractivity contribution < 1.29 is 4.79 Å². The molecule has 2 aromatic heterocycles. The summed E-state index contributed by atoms with van der Waals surface area (Å²) in [5, 5.41) is 5.47. The molecule has 0 radical (unpaired) electrons. The summed E-state index contributed by atoms with van der Waals surface area (Å²) < 4.78 is 1.46. The van der Waals surface area contributed by atoms with Crippen molar-refractivity contribution in [3.8, 4) is 0 Å². The van der Waals surface area contributed by atoms with Crippen LogP contribution in [0, 0.1) is 6.92 Å². The van der Waals surface area contributed by atoms with Crippen LogP contribution < -0.4 is 10.9 Å². The summed E-state index contributed by atoms with van der Waals surface area (Å²) in [6.45, 7) is 3.56. The predicted molar refractivity (Wildman–Crippen MR) is 60.3 cm³/mol. The summed E-state index contributed by atoms with van der Waals surface area (Å²) in [7, 11) is 0. The quantitative estimate of drug-likeness (QED) is 0.775. The Morgan fingerprint density at radius 3 is 3.00 bits per heavy atom. The second kappa shape index (κ2) is 3.84. The molecule has 2 rings (SSSR count). The highest BCUT2D eigenvalue weighted by atomic mass is 16.1. The fraction of sp³-hybridized carbons (Fsp3) is 0.273. The highest BCUT2D eigenvalue weighted by molar-refractivity contribution is 5.72. The maximum Gasteiger partial charge on any atom is 0.274 e. The number of hydrogen-bond donors (Lipinski definition) is 2. The molecule has 0 fully saturated rings. The highest BCUT2D eigenvalue weighted by Crippen LogP contribution is 2.07. The van der Waals surface area contributed by atoms with Crippen LogP contribution in [0.4, 0.5) is 0 Å². The van der Waals surface area contributed by atoms with E-state index in [1.807, 2.05) is 19.1 Å². The molecule has 2 aromatic rings. The number of nitrogens with one attached hydrogen (secondary N) is 2. The number of H-pyrrole nitrogens is 1. The molecule has 0 saturated heterocycles. The zero-order chi connectivity index (χ0) is 11.7. The molecule has 0 saturated carbocycles. The van der Waals surface area contributed by atoms with E-state index < -0.39 is 0 Å². The van der Waals surface area contributed by atoms with Gasteiger partial charge in [-0.15, -0.1) is 0 Å². The highest BCUT2D eigenvalue weighted by Gasteiger charge is 2.08. The van der Waals surface area contributed by atoms with E-state index in [2.05, 4.69) is 10.4 Å². The number of hydrogen-bond acceptors (Lipinski definition) is 2. The summed E-state index contributed by atoms with van der Waals surface area (Å²) in [5.74, 6) is -0.143. The number of aryl methyl sites for hydroxylation is 1. The van der Waals surface area contributed by atoms with Crippen LogP contribution in [0.3, 0.4) is 0 Å². The summed E-state index contributed by atoms with van der Waals surface area (Å²) in [6.07, 6.45) is 1.71. The van der Waals surface area contributed by atoms with Gasteiger partial charge in [0.05, 0.1) is 5.52 Å². The molecule has 1 amide bonds. The Morgan fingerprint density at radius 1 is 1.56 bits per heavy atom. The van der Waals surface area contributed by atoms with Crippen molar-refractivity contribution in [2.75, 3.05) is 0 Å².